The summed E-state index contributed by atoms with van der Waals surface area (Å²) in [5.41, 5.74) is 2.66. The molecule has 5 nitrogen and oxygen atoms in total. The van der Waals surface area contributed by atoms with Crippen LogP contribution in [0.3, 0.4) is 0 Å². The molecule has 0 unspecified atom stereocenters. The first-order valence-corrected chi connectivity index (χ1v) is 8.43. The minimum absolute atomic E-state index is 0.137. The Kier molecular flexibility index (Phi) is 5.38. The maximum Gasteiger partial charge on any atom is 0.274 e. The second-order valence-electron chi connectivity index (χ2n) is 4.93. The summed E-state index contributed by atoms with van der Waals surface area (Å²) in [5.74, 6) is 0.698. The van der Waals surface area contributed by atoms with E-state index in [0.29, 0.717) is 11.6 Å². The fourth-order valence-corrected chi connectivity index (χ4v) is 2.62. The highest BCUT2D eigenvalue weighted by Gasteiger charge is 2.13. The molecular formula is C16H19N3O2S. The number of amides is 1. The number of thioether (sulfide) groups is 1. The van der Waals surface area contributed by atoms with E-state index in [2.05, 4.69) is 15.3 Å². The van der Waals surface area contributed by atoms with Crippen molar-refractivity contribution in [3.8, 4) is 0 Å². The highest BCUT2D eigenvalue weighted by molar-refractivity contribution is 7.97. The molecule has 116 valence electrons. The lowest BCUT2D eigenvalue weighted by Crippen LogP contribution is -2.21. The molecular weight excluding hydrogens is 298 g/mol. The van der Waals surface area contributed by atoms with Crippen molar-refractivity contribution < 1.29 is 4.79 Å². The molecule has 1 aromatic heterocycles. The van der Waals surface area contributed by atoms with Crippen molar-refractivity contribution in [2.24, 2.45) is 0 Å². The van der Waals surface area contributed by atoms with Crippen LogP contribution in [0.2, 0.25) is 0 Å². The van der Waals surface area contributed by atoms with Gasteiger partial charge in [-0.15, -0.1) is 0 Å². The average Bonchev–Trinajstić information content (AvgIpc) is 2.49. The lowest BCUT2D eigenvalue weighted by atomic mass is 10.1. The quantitative estimate of drug-likeness (QED) is 0.889. The zero-order valence-electron chi connectivity index (χ0n) is 12.9. The van der Waals surface area contributed by atoms with Crippen LogP contribution in [0.15, 0.2) is 29.1 Å². The van der Waals surface area contributed by atoms with Gasteiger partial charge in [-0.1, -0.05) is 25.1 Å². The van der Waals surface area contributed by atoms with Crippen LogP contribution in [-0.4, -0.2) is 22.1 Å². The number of nitrogens with zero attached hydrogens (tertiary/aromatic N) is 1. The van der Waals surface area contributed by atoms with Crippen LogP contribution in [0.4, 0.5) is 5.69 Å². The van der Waals surface area contributed by atoms with Gasteiger partial charge in [-0.25, -0.2) is 4.98 Å². The molecule has 0 saturated carbocycles. The number of aromatic nitrogens is 2. The van der Waals surface area contributed by atoms with Gasteiger partial charge in [0.25, 0.3) is 11.5 Å². The van der Waals surface area contributed by atoms with Crippen LogP contribution < -0.4 is 10.9 Å². The molecule has 1 amide bonds. The Morgan fingerprint density at radius 3 is 2.86 bits per heavy atom. The Balaban J connectivity index is 2.32. The molecule has 0 aliphatic heterocycles. The zero-order chi connectivity index (χ0) is 16.1. The summed E-state index contributed by atoms with van der Waals surface area (Å²) in [5, 5.41) is 2.88. The van der Waals surface area contributed by atoms with Crippen molar-refractivity contribution in [2.75, 3.05) is 11.6 Å². The van der Waals surface area contributed by atoms with Gasteiger partial charge >= 0.3 is 0 Å². The van der Waals surface area contributed by atoms with Crippen molar-refractivity contribution in [1.82, 2.24) is 9.97 Å². The first kappa shape index (κ1) is 16.3. The number of para-hydroxylation sites is 1. The number of aromatic amines is 1. The van der Waals surface area contributed by atoms with E-state index in [-0.39, 0.29) is 17.2 Å². The van der Waals surface area contributed by atoms with Gasteiger partial charge < -0.3 is 10.3 Å². The molecule has 1 heterocycles. The SMILES string of the molecule is CCc1cccc(C)c1NC(=O)c1cc(=O)[nH]c(CSC)n1. The van der Waals surface area contributed by atoms with Crippen molar-refractivity contribution in [1.29, 1.82) is 0 Å². The minimum atomic E-state index is -0.363. The van der Waals surface area contributed by atoms with Gasteiger partial charge in [0, 0.05) is 11.8 Å². The van der Waals surface area contributed by atoms with Gasteiger partial charge in [-0.3, -0.25) is 9.59 Å². The van der Waals surface area contributed by atoms with Gasteiger partial charge in [0.2, 0.25) is 0 Å². The fraction of sp³-hybridized carbons (Fsp3) is 0.312. The normalized spacial score (nSPS) is 10.5. The fourth-order valence-electron chi connectivity index (χ4n) is 2.21. The first-order valence-electron chi connectivity index (χ1n) is 7.04. The number of carbonyl (C=O) groups excluding carboxylic acids is 1. The lowest BCUT2D eigenvalue weighted by Gasteiger charge is -2.12. The number of carbonyl (C=O) groups is 1. The molecule has 1 aromatic carbocycles. The molecule has 0 fully saturated rings. The number of rotatable bonds is 5. The standard InChI is InChI=1S/C16H19N3O2S/c1-4-11-7-5-6-10(2)15(11)19-16(21)12-8-14(20)18-13(17-12)9-22-3/h5-8H,4,9H2,1-3H3,(H,19,21)(H,17,18,20). The number of hydrogen-bond donors (Lipinski definition) is 2. The second-order valence-corrected chi connectivity index (χ2v) is 5.79. The topological polar surface area (TPSA) is 74.8 Å². The average molecular weight is 317 g/mol. The lowest BCUT2D eigenvalue weighted by molar-refractivity contribution is 0.102. The number of nitrogens with one attached hydrogen (secondary N) is 2. The summed E-state index contributed by atoms with van der Waals surface area (Å²) in [4.78, 5) is 30.9. The summed E-state index contributed by atoms with van der Waals surface area (Å²) in [6, 6.07) is 7.11. The van der Waals surface area contributed by atoms with E-state index in [1.807, 2.05) is 38.3 Å². The molecule has 6 heteroatoms. The zero-order valence-corrected chi connectivity index (χ0v) is 13.7. The van der Waals surface area contributed by atoms with Crippen LogP contribution in [0, 0.1) is 6.92 Å². The maximum atomic E-state index is 12.4. The number of benzene rings is 1. The Morgan fingerprint density at radius 2 is 2.18 bits per heavy atom. The van der Waals surface area contributed by atoms with Crippen LogP contribution in [0.25, 0.3) is 0 Å². The van der Waals surface area contributed by atoms with Gasteiger partial charge in [0.05, 0.1) is 5.75 Å². The number of H-pyrrole nitrogens is 1. The third kappa shape index (κ3) is 3.76. The van der Waals surface area contributed by atoms with E-state index >= 15 is 0 Å². The molecule has 0 spiro atoms. The number of hydrogen-bond acceptors (Lipinski definition) is 4. The molecule has 0 bridgehead atoms. The molecule has 0 atom stereocenters. The molecule has 0 aliphatic carbocycles. The Labute approximate surface area is 133 Å². The molecule has 2 rings (SSSR count). The van der Waals surface area contributed by atoms with Gasteiger partial charge in [-0.2, -0.15) is 11.8 Å². The summed E-state index contributed by atoms with van der Waals surface area (Å²) >= 11 is 1.53. The van der Waals surface area contributed by atoms with E-state index in [9.17, 15) is 9.59 Å². The van der Waals surface area contributed by atoms with Crippen molar-refractivity contribution >= 4 is 23.4 Å². The third-order valence-electron chi connectivity index (χ3n) is 3.28. The van der Waals surface area contributed by atoms with Crippen LogP contribution in [0.5, 0.6) is 0 Å². The van der Waals surface area contributed by atoms with Crippen LogP contribution >= 0.6 is 11.8 Å². The van der Waals surface area contributed by atoms with Crippen LogP contribution in [-0.2, 0) is 12.2 Å². The highest BCUT2D eigenvalue weighted by atomic mass is 32.2. The van der Waals surface area contributed by atoms with E-state index < -0.39 is 0 Å². The predicted octanol–water partition coefficient (Wildman–Crippen LogP) is 2.76. The molecule has 0 saturated heterocycles. The Bertz CT molecular complexity index is 740. The van der Waals surface area contributed by atoms with E-state index in [4.69, 9.17) is 0 Å². The summed E-state index contributed by atoms with van der Waals surface area (Å²) in [7, 11) is 0. The first-order chi connectivity index (χ1) is 10.5. The van der Waals surface area contributed by atoms with Crippen molar-refractivity contribution in [3.05, 3.63) is 57.3 Å². The van der Waals surface area contributed by atoms with Crippen LogP contribution in [0.1, 0.15) is 34.4 Å². The predicted molar refractivity (Wildman–Crippen MR) is 90.6 cm³/mol. The smallest absolute Gasteiger partial charge is 0.274 e. The van der Waals surface area contributed by atoms with Crippen molar-refractivity contribution in [2.45, 2.75) is 26.0 Å². The maximum absolute atomic E-state index is 12.4. The second kappa shape index (κ2) is 7.26. The highest BCUT2D eigenvalue weighted by Crippen LogP contribution is 2.21. The van der Waals surface area contributed by atoms with E-state index in [0.717, 1.165) is 23.2 Å². The Morgan fingerprint density at radius 1 is 1.41 bits per heavy atom. The molecule has 2 aromatic rings. The Hall–Kier alpha value is -2.08. The molecule has 2 N–H and O–H groups in total. The summed E-state index contributed by atoms with van der Waals surface area (Å²) in [6.07, 6.45) is 2.73. The minimum Gasteiger partial charge on any atom is -0.320 e. The van der Waals surface area contributed by atoms with E-state index in [1.54, 1.807) is 0 Å². The molecule has 22 heavy (non-hydrogen) atoms. The number of anilines is 1. The monoisotopic (exact) mass is 317 g/mol. The summed E-state index contributed by atoms with van der Waals surface area (Å²) in [6.45, 7) is 3.98. The molecule has 0 radical (unpaired) electrons. The third-order valence-corrected chi connectivity index (χ3v) is 3.85. The van der Waals surface area contributed by atoms with Gasteiger partial charge in [0.15, 0.2) is 0 Å². The largest absolute Gasteiger partial charge is 0.320 e. The van der Waals surface area contributed by atoms with E-state index in [1.165, 1.54) is 17.8 Å². The van der Waals surface area contributed by atoms with Crippen molar-refractivity contribution in [3.63, 3.8) is 0 Å². The number of aryl methyl sites for hydroxylation is 2. The van der Waals surface area contributed by atoms with Gasteiger partial charge in [-0.05, 0) is 30.7 Å². The van der Waals surface area contributed by atoms with Gasteiger partial charge in [0.1, 0.15) is 11.5 Å². The summed E-state index contributed by atoms with van der Waals surface area (Å²) < 4.78 is 0. The molecule has 0 aliphatic rings.